The zero-order valence-corrected chi connectivity index (χ0v) is 10.1. The van der Waals surface area contributed by atoms with Gasteiger partial charge in [-0.1, -0.05) is 0 Å². The molecule has 0 amide bonds. The van der Waals surface area contributed by atoms with Gasteiger partial charge in [0, 0.05) is 6.42 Å². The quantitative estimate of drug-likeness (QED) is 0.684. The lowest BCUT2D eigenvalue weighted by atomic mass is 10.1. The molecule has 0 heterocycles. The molecule has 0 atom stereocenters. The Morgan fingerprint density at radius 1 is 1.50 bits per heavy atom. The average Bonchev–Trinajstić information content (AvgIpc) is 2.24. The summed E-state index contributed by atoms with van der Waals surface area (Å²) in [5.74, 6) is -2.93. The first-order valence-corrected chi connectivity index (χ1v) is 5.27. The fourth-order valence-electron chi connectivity index (χ4n) is 1.23. The molecule has 0 unspecified atom stereocenters. The molecule has 0 radical (unpaired) electrons. The van der Waals surface area contributed by atoms with Crippen LogP contribution in [-0.2, 0) is 0 Å². The Labute approximate surface area is 99.7 Å². The van der Waals surface area contributed by atoms with E-state index in [9.17, 15) is 13.6 Å². The van der Waals surface area contributed by atoms with Crippen LogP contribution in [0.25, 0.3) is 0 Å². The maximum atomic E-state index is 13.6. The van der Waals surface area contributed by atoms with E-state index in [0.29, 0.717) is 0 Å². The lowest BCUT2D eigenvalue weighted by Gasteiger charge is -2.09. The predicted octanol–water partition coefficient (Wildman–Crippen LogP) is 2.27. The molecule has 0 aliphatic heterocycles. The second kappa shape index (κ2) is 5.36. The first-order chi connectivity index (χ1) is 7.52. The Kier molecular flexibility index (Phi) is 4.37. The van der Waals surface area contributed by atoms with Crippen LogP contribution in [0.4, 0.5) is 8.78 Å². The zero-order valence-electron chi connectivity index (χ0n) is 8.52. The lowest BCUT2D eigenvalue weighted by Crippen LogP contribution is -2.11. The Morgan fingerprint density at radius 3 is 2.62 bits per heavy atom. The highest BCUT2D eigenvalue weighted by atomic mass is 79.9. The average molecular weight is 294 g/mol. The standard InChI is InChI=1S/C10H10BrF2NO2/c1-16-10-8(12)5(7(15)2-3-14)4-6(11)9(10)13/h4H,2-3,14H2,1H3. The Morgan fingerprint density at radius 2 is 2.12 bits per heavy atom. The summed E-state index contributed by atoms with van der Waals surface area (Å²) in [5, 5.41) is 0. The minimum Gasteiger partial charge on any atom is -0.491 e. The Bertz CT molecular complexity index is 424. The summed E-state index contributed by atoms with van der Waals surface area (Å²) in [5.41, 5.74) is 4.97. The van der Waals surface area contributed by atoms with Crippen molar-refractivity contribution >= 4 is 21.7 Å². The van der Waals surface area contributed by atoms with Crippen molar-refractivity contribution in [3.63, 3.8) is 0 Å². The molecule has 1 aromatic carbocycles. The van der Waals surface area contributed by atoms with Gasteiger partial charge in [0.15, 0.2) is 23.2 Å². The molecule has 0 saturated heterocycles. The van der Waals surface area contributed by atoms with Crippen LogP contribution in [0.15, 0.2) is 10.5 Å². The van der Waals surface area contributed by atoms with E-state index in [2.05, 4.69) is 20.7 Å². The van der Waals surface area contributed by atoms with Gasteiger partial charge >= 0.3 is 0 Å². The van der Waals surface area contributed by atoms with Gasteiger partial charge < -0.3 is 10.5 Å². The number of halogens is 3. The van der Waals surface area contributed by atoms with Gasteiger partial charge in [0.1, 0.15) is 0 Å². The number of hydrogen-bond acceptors (Lipinski definition) is 3. The van der Waals surface area contributed by atoms with Crippen LogP contribution in [0.5, 0.6) is 5.75 Å². The smallest absolute Gasteiger partial charge is 0.192 e. The molecule has 6 heteroatoms. The number of ketones is 1. The summed E-state index contributed by atoms with van der Waals surface area (Å²) in [6, 6.07) is 1.09. The topological polar surface area (TPSA) is 52.3 Å². The maximum Gasteiger partial charge on any atom is 0.192 e. The second-order valence-electron chi connectivity index (χ2n) is 3.03. The van der Waals surface area contributed by atoms with E-state index >= 15 is 0 Å². The second-order valence-corrected chi connectivity index (χ2v) is 3.88. The molecule has 0 bridgehead atoms. The summed E-state index contributed by atoms with van der Waals surface area (Å²) in [6.07, 6.45) is -0.00184. The molecule has 0 aromatic heterocycles. The molecule has 0 saturated carbocycles. The third-order valence-electron chi connectivity index (χ3n) is 1.99. The van der Waals surface area contributed by atoms with Crippen LogP contribution in [0, 0.1) is 11.6 Å². The third-order valence-corrected chi connectivity index (χ3v) is 2.57. The molecule has 0 aliphatic rings. The maximum absolute atomic E-state index is 13.6. The van der Waals surface area contributed by atoms with E-state index in [-0.39, 0.29) is 23.0 Å². The number of methoxy groups -OCH3 is 1. The zero-order chi connectivity index (χ0) is 12.3. The summed E-state index contributed by atoms with van der Waals surface area (Å²) < 4.78 is 31.5. The number of nitrogens with two attached hydrogens (primary N) is 1. The summed E-state index contributed by atoms with van der Waals surface area (Å²) in [4.78, 5) is 11.5. The number of Topliss-reactive ketones (excluding diaryl/α,β-unsaturated/α-hetero) is 1. The van der Waals surface area contributed by atoms with Gasteiger partial charge in [0.25, 0.3) is 0 Å². The molecule has 1 aromatic rings. The number of benzene rings is 1. The number of carbonyl (C=O) groups is 1. The molecule has 0 fully saturated rings. The van der Waals surface area contributed by atoms with Gasteiger partial charge in [-0.2, -0.15) is 0 Å². The van der Waals surface area contributed by atoms with Crippen LogP contribution >= 0.6 is 15.9 Å². The van der Waals surface area contributed by atoms with Crippen LogP contribution < -0.4 is 10.5 Å². The number of ether oxygens (including phenoxy) is 1. The molecular weight excluding hydrogens is 284 g/mol. The summed E-state index contributed by atoms with van der Waals surface area (Å²) in [6.45, 7) is 0.107. The molecule has 0 aliphatic carbocycles. The predicted molar refractivity (Wildman–Crippen MR) is 58.6 cm³/mol. The van der Waals surface area contributed by atoms with Gasteiger partial charge in [0.2, 0.25) is 0 Å². The van der Waals surface area contributed by atoms with Crippen molar-refractivity contribution in [3.8, 4) is 5.75 Å². The normalized spacial score (nSPS) is 10.3. The minimum atomic E-state index is -0.998. The van der Waals surface area contributed by atoms with E-state index in [4.69, 9.17) is 5.73 Å². The van der Waals surface area contributed by atoms with Gasteiger partial charge in [-0.15, -0.1) is 0 Å². The fourth-order valence-corrected chi connectivity index (χ4v) is 1.64. The number of rotatable bonds is 4. The van der Waals surface area contributed by atoms with Crippen LogP contribution in [0.1, 0.15) is 16.8 Å². The van der Waals surface area contributed by atoms with Crippen molar-refractivity contribution in [2.24, 2.45) is 5.73 Å². The van der Waals surface area contributed by atoms with Crippen molar-refractivity contribution < 1.29 is 18.3 Å². The summed E-state index contributed by atoms with van der Waals surface area (Å²) >= 11 is 2.89. The fraction of sp³-hybridized carbons (Fsp3) is 0.300. The van der Waals surface area contributed by atoms with Crippen molar-refractivity contribution in [1.29, 1.82) is 0 Å². The third kappa shape index (κ3) is 2.38. The molecule has 88 valence electrons. The molecule has 16 heavy (non-hydrogen) atoms. The Hall–Kier alpha value is -1.01. The lowest BCUT2D eigenvalue weighted by molar-refractivity contribution is 0.0980. The molecule has 1 rings (SSSR count). The molecule has 0 spiro atoms. The van der Waals surface area contributed by atoms with E-state index in [1.165, 1.54) is 0 Å². The van der Waals surface area contributed by atoms with E-state index in [1.54, 1.807) is 0 Å². The first kappa shape index (κ1) is 13.1. The van der Waals surface area contributed by atoms with Gasteiger partial charge in [-0.25, -0.2) is 8.78 Å². The SMILES string of the molecule is COc1c(F)c(Br)cc(C(=O)CCN)c1F. The number of carbonyl (C=O) groups excluding carboxylic acids is 1. The van der Waals surface area contributed by atoms with Crippen molar-refractivity contribution in [2.75, 3.05) is 13.7 Å². The van der Waals surface area contributed by atoms with Gasteiger partial charge in [-0.05, 0) is 28.5 Å². The van der Waals surface area contributed by atoms with Crippen LogP contribution in [-0.4, -0.2) is 19.4 Å². The summed E-state index contributed by atoms with van der Waals surface area (Å²) in [7, 11) is 1.13. The first-order valence-electron chi connectivity index (χ1n) is 4.47. The molecule has 2 N–H and O–H groups in total. The highest BCUT2D eigenvalue weighted by Gasteiger charge is 2.21. The number of hydrogen-bond donors (Lipinski definition) is 1. The highest BCUT2D eigenvalue weighted by molar-refractivity contribution is 9.10. The molecule has 3 nitrogen and oxygen atoms in total. The van der Waals surface area contributed by atoms with E-state index in [0.717, 1.165) is 13.2 Å². The van der Waals surface area contributed by atoms with Crippen LogP contribution in [0.2, 0.25) is 0 Å². The van der Waals surface area contributed by atoms with Crippen molar-refractivity contribution in [1.82, 2.24) is 0 Å². The van der Waals surface area contributed by atoms with Gasteiger partial charge in [-0.3, -0.25) is 4.79 Å². The van der Waals surface area contributed by atoms with Crippen molar-refractivity contribution in [2.45, 2.75) is 6.42 Å². The van der Waals surface area contributed by atoms with E-state index < -0.39 is 23.2 Å². The largest absolute Gasteiger partial charge is 0.491 e. The van der Waals surface area contributed by atoms with Gasteiger partial charge in [0.05, 0.1) is 17.1 Å². The minimum absolute atomic E-state index is 0.00184. The highest BCUT2D eigenvalue weighted by Crippen LogP contribution is 2.31. The Balaban J connectivity index is 3.31. The van der Waals surface area contributed by atoms with Crippen molar-refractivity contribution in [3.05, 3.63) is 27.7 Å². The molecular formula is C10H10BrF2NO2. The van der Waals surface area contributed by atoms with Crippen LogP contribution in [0.3, 0.4) is 0 Å². The van der Waals surface area contributed by atoms with E-state index in [1.807, 2.05) is 0 Å². The monoisotopic (exact) mass is 293 g/mol.